The second-order valence-corrected chi connectivity index (χ2v) is 7.97. The van der Waals surface area contributed by atoms with Gasteiger partial charge >= 0.3 is 6.03 Å². The highest BCUT2D eigenvalue weighted by molar-refractivity contribution is 14.0. The number of carbonyl (C=O) groups is 1. The molecule has 0 saturated heterocycles. The van der Waals surface area contributed by atoms with Gasteiger partial charge in [0, 0.05) is 54.2 Å². The van der Waals surface area contributed by atoms with Crippen molar-refractivity contribution in [2.75, 3.05) is 17.2 Å². The number of aliphatic imine (C=N–C) groups is 1. The predicted molar refractivity (Wildman–Crippen MR) is 146 cm³/mol. The largest absolute Gasteiger partial charge is 0.366 e. The predicted octanol–water partition coefficient (Wildman–Crippen LogP) is 5.53. The number of urea groups is 1. The molecular weight excluding hydrogens is 525 g/mol. The van der Waals surface area contributed by atoms with Gasteiger partial charge in [-0.05, 0) is 53.9 Å². The number of nitrogens with one attached hydrogen (secondary N) is 3. The van der Waals surface area contributed by atoms with Gasteiger partial charge in [-0.15, -0.1) is 24.0 Å². The number of anilines is 2. The quantitative estimate of drug-likeness (QED) is 0.292. The van der Waals surface area contributed by atoms with Gasteiger partial charge in [-0.1, -0.05) is 36.4 Å². The molecular formula is C26H26IN5O. The monoisotopic (exact) mass is 551 g/mol. The van der Waals surface area contributed by atoms with E-state index in [1.54, 1.807) is 0 Å². The fourth-order valence-corrected chi connectivity index (χ4v) is 4.09. The van der Waals surface area contributed by atoms with E-state index in [1.807, 2.05) is 67.8 Å². The van der Waals surface area contributed by atoms with E-state index in [0.29, 0.717) is 6.54 Å². The summed E-state index contributed by atoms with van der Waals surface area (Å²) in [4.78, 5) is 17.2. The van der Waals surface area contributed by atoms with Crippen LogP contribution < -0.4 is 16.0 Å². The molecule has 1 aromatic heterocycles. The number of hydrogen-bond acceptors (Lipinski definition) is 3. The van der Waals surface area contributed by atoms with Crippen LogP contribution in [0.15, 0.2) is 84.0 Å². The number of aromatic nitrogens is 1. The Kier molecular flexibility index (Phi) is 6.98. The Hall–Kier alpha value is -3.33. The van der Waals surface area contributed by atoms with Gasteiger partial charge < -0.3 is 20.5 Å². The highest BCUT2D eigenvalue weighted by atomic mass is 127. The maximum Gasteiger partial charge on any atom is 0.323 e. The van der Waals surface area contributed by atoms with Gasteiger partial charge in [-0.3, -0.25) is 4.99 Å². The third kappa shape index (κ3) is 5.19. The summed E-state index contributed by atoms with van der Waals surface area (Å²) in [5.41, 5.74) is 6.19. The molecule has 0 saturated carbocycles. The van der Waals surface area contributed by atoms with Crippen molar-refractivity contribution in [3.8, 4) is 0 Å². The fraction of sp³-hybridized carbons (Fsp3) is 0.154. The van der Waals surface area contributed by atoms with Crippen molar-refractivity contribution >= 4 is 58.1 Å². The van der Waals surface area contributed by atoms with Gasteiger partial charge in [-0.25, -0.2) is 4.79 Å². The lowest BCUT2D eigenvalue weighted by Gasteiger charge is -2.18. The zero-order valence-electron chi connectivity index (χ0n) is 18.3. The minimum atomic E-state index is -0.268. The maximum atomic E-state index is 12.5. The Labute approximate surface area is 210 Å². The van der Waals surface area contributed by atoms with Crippen LogP contribution in [0.1, 0.15) is 16.7 Å². The summed E-state index contributed by atoms with van der Waals surface area (Å²) < 4.78 is 2.05. The smallest absolute Gasteiger partial charge is 0.323 e. The molecule has 4 aromatic rings. The van der Waals surface area contributed by atoms with Crippen molar-refractivity contribution in [3.63, 3.8) is 0 Å². The van der Waals surface area contributed by atoms with Crippen molar-refractivity contribution in [3.05, 3.63) is 95.7 Å². The van der Waals surface area contributed by atoms with Gasteiger partial charge in [-0.2, -0.15) is 0 Å². The summed E-state index contributed by atoms with van der Waals surface area (Å²) in [5, 5.41) is 10.4. The molecule has 0 unspecified atom stereocenters. The molecule has 0 radical (unpaired) electrons. The molecule has 1 aliphatic heterocycles. The van der Waals surface area contributed by atoms with Crippen LogP contribution in [0.4, 0.5) is 16.2 Å². The van der Waals surface area contributed by atoms with Crippen LogP contribution in [-0.4, -0.2) is 23.0 Å². The van der Waals surface area contributed by atoms with Crippen LogP contribution in [0.2, 0.25) is 0 Å². The number of fused-ring (bicyclic) bond motifs is 2. The van der Waals surface area contributed by atoms with E-state index >= 15 is 0 Å². The molecule has 0 aliphatic carbocycles. The summed E-state index contributed by atoms with van der Waals surface area (Å²) in [6, 6.07) is 23.9. The third-order valence-corrected chi connectivity index (χ3v) is 5.71. The standard InChI is InChI=1S/C26H25N5O.HI/c1-31-14-12-20-16-22(9-10-24(20)31)30-26(32)29-21-7-4-5-18(15-21)17-28-25-23-8-3-2-6-19(23)11-13-27-25;/h2-10,12,14-16H,11,13,17H2,1H3,(H,27,28)(H2,29,30,32);1H. The van der Waals surface area contributed by atoms with Crippen molar-refractivity contribution < 1.29 is 4.79 Å². The topological polar surface area (TPSA) is 70.5 Å². The third-order valence-electron chi connectivity index (χ3n) is 5.71. The van der Waals surface area contributed by atoms with E-state index in [2.05, 4.69) is 43.7 Å². The molecule has 2 heterocycles. The summed E-state index contributed by atoms with van der Waals surface area (Å²) in [5.74, 6) is 0.930. The summed E-state index contributed by atoms with van der Waals surface area (Å²) in [7, 11) is 2.00. The number of amidine groups is 1. The summed E-state index contributed by atoms with van der Waals surface area (Å²) >= 11 is 0. The average Bonchev–Trinajstić information content (AvgIpc) is 3.18. The van der Waals surface area contributed by atoms with Crippen LogP contribution in [0.3, 0.4) is 0 Å². The molecule has 0 spiro atoms. The Bertz CT molecular complexity index is 1330. The van der Waals surface area contributed by atoms with Crippen molar-refractivity contribution in [1.82, 2.24) is 9.88 Å². The number of halogens is 1. The molecule has 5 rings (SSSR count). The zero-order valence-corrected chi connectivity index (χ0v) is 20.7. The zero-order chi connectivity index (χ0) is 21.9. The normalized spacial score (nSPS) is 12.3. The van der Waals surface area contributed by atoms with Gasteiger partial charge in [0.15, 0.2) is 0 Å². The van der Waals surface area contributed by atoms with E-state index < -0.39 is 0 Å². The molecule has 3 aromatic carbocycles. The Morgan fingerprint density at radius 1 is 0.970 bits per heavy atom. The SMILES string of the molecule is Cn1ccc2cc(NC(=O)Nc3cccc(CNC4=NCCc5ccccc54)c3)ccc21.I. The first kappa shape index (κ1) is 22.8. The minimum absolute atomic E-state index is 0. The Balaban J connectivity index is 0.00000259. The molecule has 7 heteroatoms. The van der Waals surface area contributed by atoms with Crippen LogP contribution >= 0.6 is 24.0 Å². The highest BCUT2D eigenvalue weighted by Gasteiger charge is 2.13. The number of carbonyl (C=O) groups excluding carboxylic acids is 1. The maximum absolute atomic E-state index is 12.5. The van der Waals surface area contributed by atoms with Gasteiger partial charge in [0.1, 0.15) is 5.84 Å². The molecule has 0 atom stereocenters. The molecule has 2 amide bonds. The van der Waals surface area contributed by atoms with Crippen LogP contribution in [-0.2, 0) is 20.0 Å². The van der Waals surface area contributed by atoms with E-state index in [1.165, 1.54) is 11.1 Å². The number of nitrogens with zero attached hydrogens (tertiary/aromatic N) is 2. The van der Waals surface area contributed by atoms with Gasteiger partial charge in [0.2, 0.25) is 0 Å². The van der Waals surface area contributed by atoms with Crippen molar-refractivity contribution in [2.24, 2.45) is 12.0 Å². The minimum Gasteiger partial charge on any atom is -0.366 e. The molecule has 0 bridgehead atoms. The fourth-order valence-electron chi connectivity index (χ4n) is 4.09. The van der Waals surface area contributed by atoms with Crippen molar-refractivity contribution in [2.45, 2.75) is 13.0 Å². The number of aryl methyl sites for hydroxylation is 1. The van der Waals surface area contributed by atoms with Gasteiger partial charge in [0.05, 0.1) is 0 Å². The Morgan fingerprint density at radius 2 is 1.79 bits per heavy atom. The van der Waals surface area contributed by atoms with E-state index in [-0.39, 0.29) is 30.0 Å². The summed E-state index contributed by atoms with van der Waals surface area (Å²) in [6.45, 7) is 1.44. The molecule has 6 nitrogen and oxygen atoms in total. The molecule has 1 aliphatic rings. The van der Waals surface area contributed by atoms with E-state index in [4.69, 9.17) is 0 Å². The molecule has 0 fully saturated rings. The summed E-state index contributed by atoms with van der Waals surface area (Å²) in [6.07, 6.45) is 2.98. The van der Waals surface area contributed by atoms with E-state index in [9.17, 15) is 4.79 Å². The van der Waals surface area contributed by atoms with Crippen molar-refractivity contribution in [1.29, 1.82) is 0 Å². The number of rotatable bonds is 4. The lowest BCUT2D eigenvalue weighted by Crippen LogP contribution is -2.28. The van der Waals surface area contributed by atoms with E-state index in [0.717, 1.165) is 46.6 Å². The van der Waals surface area contributed by atoms with Crippen LogP contribution in [0, 0.1) is 0 Å². The first-order valence-corrected chi connectivity index (χ1v) is 10.7. The number of amides is 2. The number of benzene rings is 3. The molecule has 3 N–H and O–H groups in total. The van der Waals surface area contributed by atoms with Crippen LogP contribution in [0.25, 0.3) is 10.9 Å². The highest BCUT2D eigenvalue weighted by Crippen LogP contribution is 2.20. The average molecular weight is 551 g/mol. The molecule has 33 heavy (non-hydrogen) atoms. The first-order chi connectivity index (χ1) is 15.7. The first-order valence-electron chi connectivity index (χ1n) is 10.7. The molecule has 168 valence electrons. The number of hydrogen-bond donors (Lipinski definition) is 3. The lowest BCUT2D eigenvalue weighted by atomic mass is 10.0. The second-order valence-electron chi connectivity index (χ2n) is 7.97. The Morgan fingerprint density at radius 3 is 2.67 bits per heavy atom. The lowest BCUT2D eigenvalue weighted by molar-refractivity contribution is 0.262. The van der Waals surface area contributed by atoms with Crippen LogP contribution in [0.5, 0.6) is 0 Å². The second kappa shape index (κ2) is 10.1. The van der Waals surface area contributed by atoms with Gasteiger partial charge in [0.25, 0.3) is 0 Å².